The monoisotopic (exact) mass is 358 g/mol. The lowest BCUT2D eigenvalue weighted by Gasteiger charge is -2.09. The largest absolute Gasteiger partial charge is 0.383 e. The van der Waals surface area contributed by atoms with E-state index in [-0.39, 0.29) is 5.91 Å². The van der Waals surface area contributed by atoms with E-state index in [1.54, 1.807) is 23.9 Å². The van der Waals surface area contributed by atoms with Crippen LogP contribution < -0.4 is 5.32 Å². The van der Waals surface area contributed by atoms with Crippen LogP contribution in [-0.4, -0.2) is 40.5 Å². The number of ether oxygens (including phenoxy) is 1. The fourth-order valence-electron chi connectivity index (χ4n) is 2.56. The molecule has 130 valence electrons. The van der Waals surface area contributed by atoms with E-state index in [1.807, 2.05) is 48.1 Å². The van der Waals surface area contributed by atoms with Gasteiger partial charge in [0.1, 0.15) is 11.4 Å². The van der Waals surface area contributed by atoms with Gasteiger partial charge in [0.15, 0.2) is 0 Å². The quantitative estimate of drug-likeness (QED) is 0.689. The molecule has 3 rings (SSSR count). The zero-order chi connectivity index (χ0) is 17.8. The average Bonchev–Trinajstić information content (AvgIpc) is 3.21. The maximum atomic E-state index is 12.6. The minimum Gasteiger partial charge on any atom is -0.383 e. The lowest BCUT2D eigenvalue weighted by Crippen LogP contribution is -2.28. The molecule has 0 aliphatic rings. The number of hydrogen-bond donors (Lipinski definition) is 1. The van der Waals surface area contributed by atoms with Crippen molar-refractivity contribution >= 4 is 17.5 Å². The number of nitrogens with one attached hydrogen (secondary N) is 1. The highest BCUT2D eigenvalue weighted by Gasteiger charge is 2.19. The van der Waals surface area contributed by atoms with Crippen molar-refractivity contribution < 1.29 is 9.53 Å². The highest BCUT2D eigenvalue weighted by atomic mass is 35.5. The molecule has 0 radical (unpaired) electrons. The Bertz CT molecular complexity index is 885. The normalized spacial score (nSPS) is 10.8. The van der Waals surface area contributed by atoms with Crippen LogP contribution in [0.1, 0.15) is 10.5 Å². The average molecular weight is 359 g/mol. The first-order valence-corrected chi connectivity index (χ1v) is 8.23. The molecule has 0 unspecified atom stereocenters. The topological polar surface area (TPSA) is 61.1 Å². The van der Waals surface area contributed by atoms with Crippen LogP contribution in [0.2, 0.25) is 5.02 Å². The molecule has 2 heterocycles. The molecule has 1 aromatic carbocycles. The summed E-state index contributed by atoms with van der Waals surface area (Å²) in [6, 6.07) is 12.9. The number of carbonyl (C=O) groups excluding carboxylic acids is 1. The second-order valence-corrected chi connectivity index (χ2v) is 5.94. The molecule has 0 saturated heterocycles. The van der Waals surface area contributed by atoms with Crippen LogP contribution in [-0.2, 0) is 11.8 Å². The fourth-order valence-corrected chi connectivity index (χ4v) is 2.78. The maximum absolute atomic E-state index is 12.6. The first-order valence-electron chi connectivity index (χ1n) is 7.85. The lowest BCUT2D eigenvalue weighted by atomic mass is 10.2. The summed E-state index contributed by atoms with van der Waals surface area (Å²) < 4.78 is 8.51. The minimum absolute atomic E-state index is 0.232. The van der Waals surface area contributed by atoms with E-state index in [0.717, 1.165) is 5.69 Å². The molecule has 0 aliphatic carbocycles. The Kier molecular flexibility index (Phi) is 5.21. The number of aromatic nitrogens is 3. The lowest BCUT2D eigenvalue weighted by molar-refractivity contribution is 0.0929. The fraction of sp³-hybridized carbons (Fsp3) is 0.222. The number of rotatable bonds is 6. The van der Waals surface area contributed by atoms with E-state index in [4.69, 9.17) is 16.3 Å². The highest BCUT2D eigenvalue weighted by molar-refractivity contribution is 6.32. The molecular formula is C18H19ClN4O2. The van der Waals surface area contributed by atoms with Gasteiger partial charge in [-0.15, -0.1) is 0 Å². The molecule has 6 nitrogen and oxygen atoms in total. The van der Waals surface area contributed by atoms with Gasteiger partial charge in [-0.05, 0) is 30.3 Å². The third-order valence-electron chi connectivity index (χ3n) is 3.82. The van der Waals surface area contributed by atoms with Crippen molar-refractivity contribution in [2.24, 2.45) is 7.05 Å². The van der Waals surface area contributed by atoms with Crippen LogP contribution in [0.3, 0.4) is 0 Å². The molecule has 2 aromatic heterocycles. The van der Waals surface area contributed by atoms with Crippen LogP contribution in [0.15, 0.2) is 48.7 Å². The van der Waals surface area contributed by atoms with Crippen molar-refractivity contribution in [1.82, 2.24) is 19.7 Å². The first kappa shape index (κ1) is 17.3. The molecule has 0 saturated carbocycles. The molecule has 25 heavy (non-hydrogen) atoms. The van der Waals surface area contributed by atoms with E-state index in [0.29, 0.717) is 35.2 Å². The molecule has 1 N–H and O–H groups in total. The number of para-hydroxylation sites is 1. The van der Waals surface area contributed by atoms with Crippen LogP contribution in [0.5, 0.6) is 0 Å². The summed E-state index contributed by atoms with van der Waals surface area (Å²) in [6.07, 6.45) is 1.93. The smallest absolute Gasteiger partial charge is 0.270 e. The van der Waals surface area contributed by atoms with E-state index in [9.17, 15) is 4.79 Å². The molecule has 0 fully saturated rings. The Labute approximate surface area is 151 Å². The predicted octanol–water partition coefficient (Wildman–Crippen LogP) is 2.91. The summed E-state index contributed by atoms with van der Waals surface area (Å²) in [5, 5.41) is 7.96. The number of nitrogens with zero attached hydrogens (tertiary/aromatic N) is 3. The highest BCUT2D eigenvalue weighted by Crippen LogP contribution is 2.25. The predicted molar refractivity (Wildman–Crippen MR) is 97.2 cm³/mol. The zero-order valence-electron chi connectivity index (χ0n) is 14.1. The van der Waals surface area contributed by atoms with E-state index >= 15 is 0 Å². The zero-order valence-corrected chi connectivity index (χ0v) is 14.8. The van der Waals surface area contributed by atoms with Crippen LogP contribution in [0, 0.1) is 0 Å². The molecule has 3 aromatic rings. The van der Waals surface area contributed by atoms with Crippen molar-refractivity contribution in [3.05, 3.63) is 59.4 Å². The number of methoxy groups -OCH3 is 1. The summed E-state index contributed by atoms with van der Waals surface area (Å²) in [4.78, 5) is 12.6. The number of benzene rings is 1. The Morgan fingerprint density at radius 1 is 1.28 bits per heavy atom. The van der Waals surface area contributed by atoms with Gasteiger partial charge >= 0.3 is 0 Å². The van der Waals surface area contributed by atoms with Gasteiger partial charge < -0.3 is 14.6 Å². The van der Waals surface area contributed by atoms with Crippen LogP contribution in [0.4, 0.5) is 0 Å². The van der Waals surface area contributed by atoms with Crippen molar-refractivity contribution in [3.63, 3.8) is 0 Å². The van der Waals surface area contributed by atoms with Gasteiger partial charge in [-0.1, -0.05) is 23.7 Å². The molecule has 0 aliphatic heterocycles. The van der Waals surface area contributed by atoms with Gasteiger partial charge in [-0.3, -0.25) is 4.79 Å². The maximum Gasteiger partial charge on any atom is 0.270 e. The Morgan fingerprint density at radius 2 is 2.08 bits per heavy atom. The van der Waals surface area contributed by atoms with E-state index in [1.165, 1.54) is 0 Å². The number of aryl methyl sites for hydroxylation is 1. The Hall–Kier alpha value is -2.57. The van der Waals surface area contributed by atoms with E-state index in [2.05, 4.69) is 10.4 Å². The minimum atomic E-state index is -0.232. The van der Waals surface area contributed by atoms with Crippen LogP contribution in [0.25, 0.3) is 17.1 Å². The molecule has 0 bridgehead atoms. The van der Waals surface area contributed by atoms with Gasteiger partial charge in [0.2, 0.25) is 0 Å². The van der Waals surface area contributed by atoms with Crippen molar-refractivity contribution in [1.29, 1.82) is 0 Å². The molecule has 0 atom stereocenters. The molecule has 0 spiro atoms. The second kappa shape index (κ2) is 7.55. The number of halogens is 1. The number of hydrogen-bond acceptors (Lipinski definition) is 3. The Balaban J connectivity index is 2.05. The third-order valence-corrected chi connectivity index (χ3v) is 4.14. The van der Waals surface area contributed by atoms with Crippen LogP contribution >= 0.6 is 11.6 Å². The van der Waals surface area contributed by atoms with Gasteiger partial charge in [0.05, 0.1) is 23.0 Å². The molecular weight excluding hydrogens is 340 g/mol. The molecule has 7 heteroatoms. The molecule has 1 amide bonds. The summed E-state index contributed by atoms with van der Waals surface area (Å²) in [7, 11) is 3.52. The summed E-state index contributed by atoms with van der Waals surface area (Å²) >= 11 is 6.31. The SMILES string of the molecule is COCCNC(=O)c1cc(-c2cccn2C)nn1-c1ccccc1Cl. The number of carbonyl (C=O) groups is 1. The summed E-state index contributed by atoms with van der Waals surface area (Å²) in [5.41, 5.74) is 2.68. The van der Waals surface area contributed by atoms with Crippen molar-refractivity contribution in [2.75, 3.05) is 20.3 Å². The van der Waals surface area contributed by atoms with Gasteiger partial charge in [-0.25, -0.2) is 4.68 Å². The standard InChI is InChI=1S/C18H19ClN4O2/c1-22-10-5-8-16(22)14-12-17(18(24)20-9-11-25-2)23(21-14)15-7-4-3-6-13(15)19/h3-8,10,12H,9,11H2,1-2H3,(H,20,24). The summed E-state index contributed by atoms with van der Waals surface area (Å²) in [6.45, 7) is 0.860. The second-order valence-electron chi connectivity index (χ2n) is 5.53. The van der Waals surface area contributed by atoms with Crippen molar-refractivity contribution in [2.45, 2.75) is 0 Å². The van der Waals surface area contributed by atoms with Gasteiger partial charge in [-0.2, -0.15) is 5.10 Å². The summed E-state index contributed by atoms with van der Waals surface area (Å²) in [5.74, 6) is -0.232. The first-order chi connectivity index (χ1) is 12.1. The van der Waals surface area contributed by atoms with Crippen molar-refractivity contribution in [3.8, 4) is 17.1 Å². The van der Waals surface area contributed by atoms with Gasteiger partial charge in [0.25, 0.3) is 5.91 Å². The number of amides is 1. The Morgan fingerprint density at radius 3 is 2.76 bits per heavy atom. The van der Waals surface area contributed by atoms with E-state index < -0.39 is 0 Å². The van der Waals surface area contributed by atoms with Gasteiger partial charge in [0, 0.05) is 26.9 Å². The third kappa shape index (κ3) is 3.60.